The highest BCUT2D eigenvalue weighted by atomic mass is 16.5. The zero-order valence-corrected chi connectivity index (χ0v) is 11.8. The molecule has 2 aromatic rings. The third-order valence-electron chi connectivity index (χ3n) is 3.42. The average molecular weight is 255 g/mol. The van der Waals surface area contributed by atoms with E-state index < -0.39 is 0 Å². The smallest absolute Gasteiger partial charge is 0.121 e. The lowest BCUT2D eigenvalue weighted by molar-refractivity contribution is 0.411. The van der Waals surface area contributed by atoms with Gasteiger partial charge in [0.1, 0.15) is 5.75 Å². The molecule has 0 radical (unpaired) electrons. The predicted octanol–water partition coefficient (Wildman–Crippen LogP) is 3.55. The highest BCUT2D eigenvalue weighted by Gasteiger charge is 2.09. The first-order valence-corrected chi connectivity index (χ1v) is 6.56. The lowest BCUT2D eigenvalue weighted by Gasteiger charge is -2.14. The maximum absolute atomic E-state index is 6.28. The lowest BCUT2D eigenvalue weighted by Crippen LogP contribution is -2.13. The molecule has 2 rings (SSSR count). The van der Waals surface area contributed by atoms with Crippen LogP contribution in [0.25, 0.3) is 0 Å². The van der Waals surface area contributed by atoms with Crippen LogP contribution in [0, 0.1) is 13.8 Å². The summed E-state index contributed by atoms with van der Waals surface area (Å²) < 4.78 is 5.27. The number of aryl methyl sites for hydroxylation is 2. The van der Waals surface area contributed by atoms with Crippen molar-refractivity contribution < 1.29 is 4.74 Å². The average Bonchev–Trinajstić information content (AvgIpc) is 2.41. The molecule has 0 saturated heterocycles. The molecule has 0 bridgehead atoms. The topological polar surface area (TPSA) is 35.2 Å². The Morgan fingerprint density at radius 3 is 2.32 bits per heavy atom. The van der Waals surface area contributed by atoms with Crippen molar-refractivity contribution in [1.82, 2.24) is 0 Å². The summed E-state index contributed by atoms with van der Waals surface area (Å²) in [5.74, 6) is 0.909. The summed E-state index contributed by atoms with van der Waals surface area (Å²) in [5.41, 5.74) is 11.1. The fourth-order valence-electron chi connectivity index (χ4n) is 2.23. The third kappa shape index (κ3) is 3.36. The SMILES string of the molecule is COc1ccc(C(N)Cc2ccc(C)cc2)cc1C. The van der Waals surface area contributed by atoms with E-state index in [1.165, 1.54) is 11.1 Å². The van der Waals surface area contributed by atoms with Crippen molar-refractivity contribution in [3.05, 3.63) is 64.7 Å². The van der Waals surface area contributed by atoms with Crippen molar-refractivity contribution in [1.29, 1.82) is 0 Å². The van der Waals surface area contributed by atoms with E-state index in [1.54, 1.807) is 7.11 Å². The molecule has 100 valence electrons. The van der Waals surface area contributed by atoms with Gasteiger partial charge in [0.2, 0.25) is 0 Å². The Morgan fingerprint density at radius 2 is 1.74 bits per heavy atom. The fraction of sp³-hybridized carbons (Fsp3) is 0.294. The second kappa shape index (κ2) is 5.89. The van der Waals surface area contributed by atoms with Gasteiger partial charge in [0.15, 0.2) is 0 Å². The van der Waals surface area contributed by atoms with Crippen molar-refractivity contribution in [3.63, 3.8) is 0 Å². The maximum Gasteiger partial charge on any atom is 0.121 e. The summed E-state index contributed by atoms with van der Waals surface area (Å²) in [7, 11) is 1.69. The highest BCUT2D eigenvalue weighted by molar-refractivity contribution is 5.38. The zero-order chi connectivity index (χ0) is 13.8. The molecule has 0 amide bonds. The molecule has 0 heterocycles. The van der Waals surface area contributed by atoms with Crippen LogP contribution in [0.4, 0.5) is 0 Å². The Balaban J connectivity index is 2.13. The molecule has 0 aliphatic heterocycles. The highest BCUT2D eigenvalue weighted by Crippen LogP contribution is 2.23. The molecule has 0 spiro atoms. The number of hydrogen-bond acceptors (Lipinski definition) is 2. The number of methoxy groups -OCH3 is 1. The monoisotopic (exact) mass is 255 g/mol. The molecule has 1 atom stereocenters. The van der Waals surface area contributed by atoms with Gasteiger partial charge >= 0.3 is 0 Å². The van der Waals surface area contributed by atoms with E-state index in [1.807, 2.05) is 19.1 Å². The van der Waals surface area contributed by atoms with Crippen molar-refractivity contribution in [2.75, 3.05) is 7.11 Å². The Hall–Kier alpha value is -1.80. The van der Waals surface area contributed by atoms with E-state index in [4.69, 9.17) is 10.5 Å². The van der Waals surface area contributed by atoms with E-state index >= 15 is 0 Å². The minimum absolute atomic E-state index is 0.0207. The first kappa shape index (κ1) is 13.6. The summed E-state index contributed by atoms with van der Waals surface area (Å²) in [6.07, 6.45) is 0.853. The summed E-state index contributed by atoms with van der Waals surface area (Å²) in [6, 6.07) is 14.7. The van der Waals surface area contributed by atoms with Crippen LogP contribution < -0.4 is 10.5 Å². The van der Waals surface area contributed by atoms with E-state index in [-0.39, 0.29) is 6.04 Å². The van der Waals surface area contributed by atoms with E-state index in [0.29, 0.717) is 0 Å². The van der Waals surface area contributed by atoms with Crippen LogP contribution in [-0.2, 0) is 6.42 Å². The van der Waals surface area contributed by atoms with Gasteiger partial charge in [-0.1, -0.05) is 42.0 Å². The van der Waals surface area contributed by atoms with Crippen LogP contribution in [0.5, 0.6) is 5.75 Å². The molecule has 0 fully saturated rings. The van der Waals surface area contributed by atoms with Gasteiger partial charge in [-0.25, -0.2) is 0 Å². The fourth-order valence-corrected chi connectivity index (χ4v) is 2.23. The van der Waals surface area contributed by atoms with Crippen molar-refractivity contribution in [3.8, 4) is 5.75 Å². The van der Waals surface area contributed by atoms with Crippen LogP contribution in [0.1, 0.15) is 28.3 Å². The first-order chi connectivity index (χ1) is 9.10. The molecule has 0 aromatic heterocycles. The first-order valence-electron chi connectivity index (χ1n) is 6.56. The van der Waals surface area contributed by atoms with Crippen LogP contribution in [-0.4, -0.2) is 7.11 Å². The minimum atomic E-state index is 0.0207. The second-order valence-electron chi connectivity index (χ2n) is 5.03. The van der Waals surface area contributed by atoms with Crippen LogP contribution in [0.15, 0.2) is 42.5 Å². The molecule has 1 unspecified atom stereocenters. The molecular weight excluding hydrogens is 234 g/mol. The van der Waals surface area contributed by atoms with E-state index in [2.05, 4.69) is 37.3 Å². The Morgan fingerprint density at radius 1 is 1.05 bits per heavy atom. The molecule has 2 aromatic carbocycles. The summed E-state index contributed by atoms with van der Waals surface area (Å²) >= 11 is 0. The molecule has 2 heteroatoms. The number of nitrogens with two attached hydrogens (primary N) is 1. The third-order valence-corrected chi connectivity index (χ3v) is 3.42. The van der Waals surface area contributed by atoms with Crippen LogP contribution in [0.3, 0.4) is 0 Å². The Kier molecular flexibility index (Phi) is 4.23. The molecule has 19 heavy (non-hydrogen) atoms. The van der Waals surface area contributed by atoms with Gasteiger partial charge in [-0.2, -0.15) is 0 Å². The van der Waals surface area contributed by atoms with Gasteiger partial charge < -0.3 is 10.5 Å². The number of ether oxygens (including phenoxy) is 1. The molecule has 0 aliphatic carbocycles. The van der Waals surface area contributed by atoms with Gasteiger partial charge in [-0.05, 0) is 43.0 Å². The lowest BCUT2D eigenvalue weighted by atomic mass is 9.97. The normalized spacial score (nSPS) is 12.2. The maximum atomic E-state index is 6.28. The van der Waals surface area contributed by atoms with Crippen LogP contribution in [0.2, 0.25) is 0 Å². The molecular formula is C17H21NO. The van der Waals surface area contributed by atoms with Crippen molar-refractivity contribution in [2.45, 2.75) is 26.3 Å². The van der Waals surface area contributed by atoms with Crippen molar-refractivity contribution >= 4 is 0 Å². The van der Waals surface area contributed by atoms with Crippen LogP contribution >= 0.6 is 0 Å². The number of rotatable bonds is 4. The van der Waals surface area contributed by atoms with Gasteiger partial charge in [0.25, 0.3) is 0 Å². The summed E-state index contributed by atoms with van der Waals surface area (Å²) in [4.78, 5) is 0. The van der Waals surface area contributed by atoms with E-state index in [9.17, 15) is 0 Å². The van der Waals surface area contributed by atoms with E-state index in [0.717, 1.165) is 23.3 Å². The van der Waals surface area contributed by atoms with Crippen molar-refractivity contribution in [2.24, 2.45) is 5.73 Å². The second-order valence-corrected chi connectivity index (χ2v) is 5.03. The van der Waals surface area contributed by atoms with Gasteiger partial charge in [-0.3, -0.25) is 0 Å². The van der Waals surface area contributed by atoms with Gasteiger partial charge in [-0.15, -0.1) is 0 Å². The largest absolute Gasteiger partial charge is 0.496 e. The Labute approximate surface area is 115 Å². The summed E-state index contributed by atoms with van der Waals surface area (Å²) in [5, 5.41) is 0. The molecule has 0 saturated carbocycles. The number of benzene rings is 2. The standard InChI is InChI=1S/C17H21NO/c1-12-4-6-14(7-5-12)11-16(18)15-8-9-17(19-3)13(2)10-15/h4-10,16H,11,18H2,1-3H3. The quantitative estimate of drug-likeness (QED) is 0.906. The predicted molar refractivity (Wildman–Crippen MR) is 79.5 cm³/mol. The van der Waals surface area contributed by atoms with Gasteiger partial charge in [0, 0.05) is 6.04 Å². The molecule has 2 N–H and O–H groups in total. The minimum Gasteiger partial charge on any atom is -0.496 e. The zero-order valence-electron chi connectivity index (χ0n) is 11.8. The summed E-state index contributed by atoms with van der Waals surface area (Å²) in [6.45, 7) is 4.14. The van der Waals surface area contributed by atoms with Gasteiger partial charge in [0.05, 0.1) is 7.11 Å². The number of hydrogen-bond donors (Lipinski definition) is 1. The Bertz CT molecular complexity index is 546. The molecule has 0 aliphatic rings. The molecule has 2 nitrogen and oxygen atoms in total.